The molecule has 0 amide bonds. The smallest absolute Gasteiger partial charge is 0.247 e. The van der Waals surface area contributed by atoms with E-state index < -0.39 is 10.0 Å². The lowest BCUT2D eigenvalue weighted by atomic mass is 10.1. The van der Waals surface area contributed by atoms with Gasteiger partial charge >= 0.3 is 0 Å². The van der Waals surface area contributed by atoms with Gasteiger partial charge in [-0.2, -0.15) is 5.26 Å². The van der Waals surface area contributed by atoms with Crippen molar-refractivity contribution < 1.29 is 8.42 Å². The Morgan fingerprint density at radius 3 is 2.79 bits per heavy atom. The highest BCUT2D eigenvalue weighted by atomic mass is 35.5. The molecule has 1 aromatic heterocycles. The van der Waals surface area contributed by atoms with Gasteiger partial charge in [-0.1, -0.05) is 24.1 Å². The van der Waals surface area contributed by atoms with E-state index in [0.717, 1.165) is 43.4 Å². The summed E-state index contributed by atoms with van der Waals surface area (Å²) in [5.41, 5.74) is 1.85. The van der Waals surface area contributed by atoms with E-state index >= 15 is 0 Å². The standard InChI is InChI=1S/C16H15ClN4O2S/c17-13-6-4-8-15(12(13)9-18)24(22,23)21-16-19-10-11-5-2-1-3-7-14(11)20-16/h4,6,8,10H,1-3,5,7H2,(H,19,20,21). The molecule has 0 radical (unpaired) electrons. The SMILES string of the molecule is N#Cc1c(Cl)cccc1S(=O)(=O)Nc1ncc2c(n1)CCCCC2. The molecule has 0 bridgehead atoms. The topological polar surface area (TPSA) is 95.7 Å². The number of fused-ring (bicyclic) bond motifs is 1. The van der Waals surface area contributed by atoms with Crippen LogP contribution in [-0.2, 0) is 22.9 Å². The first-order valence-electron chi connectivity index (χ1n) is 7.57. The molecule has 3 rings (SSSR count). The van der Waals surface area contributed by atoms with E-state index in [2.05, 4.69) is 14.7 Å². The van der Waals surface area contributed by atoms with E-state index in [-0.39, 0.29) is 21.4 Å². The van der Waals surface area contributed by atoms with Gasteiger partial charge in [0.2, 0.25) is 5.95 Å². The fourth-order valence-corrected chi connectivity index (χ4v) is 4.12. The molecule has 2 aromatic rings. The van der Waals surface area contributed by atoms with Gasteiger partial charge in [-0.3, -0.25) is 0 Å². The molecule has 0 fully saturated rings. The van der Waals surface area contributed by atoms with Gasteiger partial charge in [-0.05, 0) is 43.4 Å². The first-order valence-corrected chi connectivity index (χ1v) is 9.43. The Morgan fingerprint density at radius 2 is 2.00 bits per heavy atom. The molecule has 6 nitrogen and oxygen atoms in total. The predicted octanol–water partition coefficient (Wildman–Crippen LogP) is 3.07. The number of rotatable bonds is 3. The van der Waals surface area contributed by atoms with Crippen LogP contribution in [0.4, 0.5) is 5.95 Å². The molecule has 1 heterocycles. The summed E-state index contributed by atoms with van der Waals surface area (Å²) in [7, 11) is -4.00. The molecular weight excluding hydrogens is 348 g/mol. The van der Waals surface area contributed by atoms with Gasteiger partial charge in [0.25, 0.3) is 10.0 Å². The maximum atomic E-state index is 12.6. The molecule has 1 aliphatic rings. The number of benzene rings is 1. The molecule has 24 heavy (non-hydrogen) atoms. The van der Waals surface area contributed by atoms with Crippen LogP contribution in [0.5, 0.6) is 0 Å². The molecule has 0 aliphatic heterocycles. The number of sulfonamides is 1. The van der Waals surface area contributed by atoms with Crippen LogP contribution in [-0.4, -0.2) is 18.4 Å². The fourth-order valence-electron chi connectivity index (χ4n) is 2.71. The number of aromatic nitrogens is 2. The maximum Gasteiger partial charge on any atom is 0.265 e. The first kappa shape index (κ1) is 16.7. The highest BCUT2D eigenvalue weighted by molar-refractivity contribution is 7.92. The number of halogens is 1. The Balaban J connectivity index is 1.95. The number of hydrogen-bond donors (Lipinski definition) is 1. The summed E-state index contributed by atoms with van der Waals surface area (Å²) in [5, 5.41) is 9.25. The third kappa shape index (κ3) is 3.35. The fraction of sp³-hybridized carbons (Fsp3) is 0.312. The van der Waals surface area contributed by atoms with Crippen molar-refractivity contribution in [3.05, 3.63) is 46.2 Å². The molecular formula is C16H15ClN4O2S. The lowest BCUT2D eigenvalue weighted by Crippen LogP contribution is -2.17. The predicted molar refractivity (Wildman–Crippen MR) is 90.3 cm³/mol. The Hall–Kier alpha value is -2.17. The Labute approximate surface area is 145 Å². The van der Waals surface area contributed by atoms with Crippen LogP contribution in [0.1, 0.15) is 36.1 Å². The molecule has 0 atom stereocenters. The number of nitrogens with one attached hydrogen (secondary N) is 1. The lowest BCUT2D eigenvalue weighted by molar-refractivity contribution is 0.600. The molecule has 1 aromatic carbocycles. The minimum atomic E-state index is -4.00. The summed E-state index contributed by atoms with van der Waals surface area (Å²) in [5.74, 6) is 0.0134. The van der Waals surface area contributed by atoms with Crippen LogP contribution in [0, 0.1) is 11.3 Å². The van der Waals surface area contributed by atoms with Crippen LogP contribution >= 0.6 is 11.6 Å². The average molecular weight is 363 g/mol. The van der Waals surface area contributed by atoms with Crippen molar-refractivity contribution in [2.45, 2.75) is 37.0 Å². The molecule has 124 valence electrons. The second kappa shape index (κ2) is 6.75. The van der Waals surface area contributed by atoms with E-state index in [9.17, 15) is 8.42 Å². The van der Waals surface area contributed by atoms with Gasteiger partial charge in [0, 0.05) is 11.9 Å². The second-order valence-corrected chi connectivity index (χ2v) is 7.61. The molecule has 0 saturated heterocycles. The third-order valence-electron chi connectivity index (χ3n) is 3.92. The Morgan fingerprint density at radius 1 is 1.21 bits per heavy atom. The van der Waals surface area contributed by atoms with E-state index in [1.807, 2.05) is 6.07 Å². The lowest BCUT2D eigenvalue weighted by Gasteiger charge is -2.11. The minimum absolute atomic E-state index is 0.0134. The zero-order valence-corrected chi connectivity index (χ0v) is 14.4. The molecule has 0 saturated carbocycles. The van der Waals surface area contributed by atoms with Crippen LogP contribution < -0.4 is 4.72 Å². The van der Waals surface area contributed by atoms with Crippen molar-refractivity contribution >= 4 is 27.6 Å². The van der Waals surface area contributed by atoms with E-state index in [4.69, 9.17) is 16.9 Å². The normalized spacial score (nSPS) is 14.3. The van der Waals surface area contributed by atoms with Gasteiger partial charge in [0.1, 0.15) is 11.0 Å². The van der Waals surface area contributed by atoms with Crippen LogP contribution in [0.2, 0.25) is 5.02 Å². The van der Waals surface area contributed by atoms with Gasteiger partial charge in [-0.15, -0.1) is 0 Å². The average Bonchev–Trinajstić information content (AvgIpc) is 2.79. The molecule has 0 spiro atoms. The summed E-state index contributed by atoms with van der Waals surface area (Å²) in [6.07, 6.45) is 6.65. The van der Waals surface area contributed by atoms with E-state index in [0.29, 0.717) is 0 Å². The van der Waals surface area contributed by atoms with Crippen LogP contribution in [0.3, 0.4) is 0 Å². The molecule has 1 aliphatic carbocycles. The van der Waals surface area contributed by atoms with Crippen molar-refractivity contribution in [3.8, 4) is 6.07 Å². The molecule has 8 heteroatoms. The maximum absolute atomic E-state index is 12.6. The highest BCUT2D eigenvalue weighted by Crippen LogP contribution is 2.25. The van der Waals surface area contributed by atoms with Crippen LogP contribution in [0.15, 0.2) is 29.3 Å². The van der Waals surface area contributed by atoms with Crippen LogP contribution in [0.25, 0.3) is 0 Å². The highest BCUT2D eigenvalue weighted by Gasteiger charge is 2.22. The van der Waals surface area contributed by atoms with Crippen molar-refractivity contribution in [1.82, 2.24) is 9.97 Å². The van der Waals surface area contributed by atoms with Gasteiger partial charge in [-0.25, -0.2) is 23.1 Å². The van der Waals surface area contributed by atoms with Crippen molar-refractivity contribution in [2.24, 2.45) is 0 Å². The zero-order chi connectivity index (χ0) is 17.2. The third-order valence-corrected chi connectivity index (χ3v) is 5.60. The van der Waals surface area contributed by atoms with E-state index in [1.165, 1.54) is 18.2 Å². The number of nitriles is 1. The quantitative estimate of drug-likeness (QED) is 0.846. The van der Waals surface area contributed by atoms with Gasteiger partial charge < -0.3 is 0 Å². The number of hydrogen-bond acceptors (Lipinski definition) is 5. The zero-order valence-electron chi connectivity index (χ0n) is 12.8. The van der Waals surface area contributed by atoms with Gasteiger partial charge in [0.05, 0.1) is 10.6 Å². The molecule has 1 N–H and O–H groups in total. The number of nitrogens with zero attached hydrogens (tertiary/aromatic N) is 3. The summed E-state index contributed by atoms with van der Waals surface area (Å²) in [6.45, 7) is 0. The second-order valence-electron chi connectivity index (χ2n) is 5.56. The molecule has 0 unspecified atom stereocenters. The Bertz CT molecular complexity index is 922. The summed E-state index contributed by atoms with van der Waals surface area (Å²) in [6, 6.07) is 6.10. The van der Waals surface area contributed by atoms with Crippen molar-refractivity contribution in [3.63, 3.8) is 0 Å². The van der Waals surface area contributed by atoms with Crippen molar-refractivity contribution in [1.29, 1.82) is 5.26 Å². The summed E-state index contributed by atoms with van der Waals surface area (Å²) in [4.78, 5) is 8.27. The largest absolute Gasteiger partial charge is 0.265 e. The number of aryl methyl sites for hydroxylation is 2. The van der Waals surface area contributed by atoms with Gasteiger partial charge in [0.15, 0.2) is 0 Å². The summed E-state index contributed by atoms with van der Waals surface area (Å²) < 4.78 is 27.5. The number of anilines is 1. The monoisotopic (exact) mass is 362 g/mol. The Kier molecular flexibility index (Phi) is 4.69. The van der Waals surface area contributed by atoms with Crippen molar-refractivity contribution in [2.75, 3.05) is 4.72 Å². The minimum Gasteiger partial charge on any atom is -0.247 e. The first-order chi connectivity index (χ1) is 11.5. The van der Waals surface area contributed by atoms with E-state index in [1.54, 1.807) is 6.20 Å². The summed E-state index contributed by atoms with van der Waals surface area (Å²) >= 11 is 5.91.